The average Bonchev–Trinajstić information content (AvgIpc) is 3.27. The molecular weight excluding hydrogens is 809 g/mol. The normalized spacial score (nSPS) is 40.1. The van der Waals surface area contributed by atoms with Gasteiger partial charge in [-0.25, -0.2) is 4.79 Å². The molecule has 0 aromatic rings. The van der Waals surface area contributed by atoms with Gasteiger partial charge in [0, 0.05) is 57.4 Å². The summed E-state index contributed by atoms with van der Waals surface area (Å²) in [5.74, 6) is -8.28. The number of ketones is 3. The topological polar surface area (TPSA) is 212 Å². The number of allylic oxidation sites excluding steroid dienone is 6. The predicted octanol–water partition coefficient (Wildman–Crippen LogP) is 5.25. The molecule has 8 unspecified atom stereocenters. The number of carbonyl (C=O) groups excluding carboxylic acids is 5. The Bertz CT molecular complexity index is 1710. The first-order valence-electron chi connectivity index (χ1n) is 23.2. The summed E-state index contributed by atoms with van der Waals surface area (Å²) in [4.78, 5) is 71.0. The molecule has 0 aromatic carbocycles. The summed E-state index contributed by atoms with van der Waals surface area (Å²) in [6, 6.07) is -1.94. The number of fused-ring (bicyclic) bond motifs is 3. The predicted molar refractivity (Wildman–Crippen MR) is 238 cm³/mol. The van der Waals surface area contributed by atoms with Crippen molar-refractivity contribution in [3.8, 4) is 0 Å². The van der Waals surface area contributed by atoms with Crippen LogP contribution >= 0.6 is 0 Å². The third kappa shape index (κ3) is 14.1. The summed E-state index contributed by atoms with van der Waals surface area (Å²) in [7, 11) is 3.24. The van der Waals surface area contributed by atoms with Crippen molar-refractivity contribution in [2.75, 3.05) is 20.8 Å². The molecule has 4 aliphatic rings. The Kier molecular flexibility index (Phi) is 20.1. The van der Waals surface area contributed by atoms with Crippen LogP contribution in [0.5, 0.6) is 0 Å². The van der Waals surface area contributed by atoms with E-state index in [9.17, 15) is 39.3 Å². The first-order chi connectivity index (χ1) is 29.8. The molecule has 0 spiro atoms. The van der Waals surface area contributed by atoms with Gasteiger partial charge in [0.2, 0.25) is 5.79 Å². The van der Waals surface area contributed by atoms with Gasteiger partial charge in [0.15, 0.2) is 5.78 Å². The second kappa shape index (κ2) is 24.2. The molecule has 3 heterocycles. The molecule has 14 atom stereocenters. The highest BCUT2D eigenvalue weighted by Crippen LogP contribution is 2.37. The van der Waals surface area contributed by atoms with Crippen molar-refractivity contribution in [1.82, 2.24) is 4.90 Å². The minimum Gasteiger partial charge on any atom is -0.459 e. The maximum absolute atomic E-state index is 14.2. The molecule has 1 amide bonds. The highest BCUT2D eigenvalue weighted by Gasteiger charge is 2.53. The van der Waals surface area contributed by atoms with Crippen LogP contribution in [0.3, 0.4) is 0 Å². The highest BCUT2D eigenvalue weighted by atomic mass is 16.6. The fourth-order valence-electron chi connectivity index (χ4n) is 9.68. The van der Waals surface area contributed by atoms with Gasteiger partial charge < -0.3 is 44.9 Å². The van der Waals surface area contributed by atoms with Crippen LogP contribution in [0.15, 0.2) is 47.6 Å². The zero-order valence-electron chi connectivity index (χ0n) is 38.9. The number of piperidine rings is 1. The largest absolute Gasteiger partial charge is 0.459 e. The fraction of sp³-hybridized carbons (Fsp3) is 0.735. The summed E-state index contributed by atoms with van der Waals surface area (Å²) >= 11 is 0. The summed E-state index contributed by atoms with van der Waals surface area (Å²) < 4.78 is 23.7. The van der Waals surface area contributed by atoms with E-state index >= 15 is 0 Å². The summed E-state index contributed by atoms with van der Waals surface area (Å²) in [5, 5.41) is 34.0. The maximum atomic E-state index is 14.2. The van der Waals surface area contributed by atoms with E-state index in [1.54, 1.807) is 41.9 Å². The van der Waals surface area contributed by atoms with Crippen LogP contribution in [0.25, 0.3) is 0 Å². The monoisotopic (exact) mass is 885 g/mol. The number of aliphatic hydroxyl groups is 3. The third-order valence-corrected chi connectivity index (χ3v) is 13.9. The number of rotatable bonds is 5. The minimum atomic E-state index is -2.43. The molecule has 354 valence electrons. The van der Waals surface area contributed by atoms with Gasteiger partial charge in [-0.2, -0.15) is 0 Å². The molecule has 0 aromatic heterocycles. The number of aliphatic hydroxyl groups excluding tert-OH is 2. The highest BCUT2D eigenvalue weighted by molar-refractivity contribution is 6.39. The van der Waals surface area contributed by atoms with Crippen LogP contribution in [-0.4, -0.2) is 125 Å². The number of hydrogen-bond acceptors (Lipinski definition) is 13. The number of carbonyl (C=O) groups is 5. The van der Waals surface area contributed by atoms with Gasteiger partial charge in [-0.1, -0.05) is 77.0 Å². The summed E-state index contributed by atoms with van der Waals surface area (Å²) in [6.45, 7) is 10.5. The first kappa shape index (κ1) is 52.3. The van der Waals surface area contributed by atoms with Crippen molar-refractivity contribution in [1.29, 1.82) is 0 Å². The number of hydrogen-bond donors (Lipinski definition) is 4. The Morgan fingerprint density at radius 1 is 0.857 bits per heavy atom. The molecular formula is C49H76N2O12. The number of esters is 1. The van der Waals surface area contributed by atoms with E-state index in [1.807, 2.05) is 44.2 Å². The SMILES string of the molecule is COC1C[C@@H]2CC[C@@H](C)[C@@](O)(O2)C(=O)C(=O)N2CCCCC2C(=O)OC([C@H](N)CC2CCC[C@H](OC)C2)CC(=O)C(C)/C=C(\C)C(O)[C@@H](O)C(=O)C(C)CC(C)/C=C/C=C/C=C/1C. The lowest BCUT2D eigenvalue weighted by molar-refractivity contribution is -0.265. The number of amides is 1. The number of nitrogens with two attached hydrogens (primary N) is 1. The van der Waals surface area contributed by atoms with E-state index in [2.05, 4.69) is 0 Å². The Balaban J connectivity index is 1.68. The van der Waals surface area contributed by atoms with Crippen molar-refractivity contribution >= 4 is 29.2 Å². The van der Waals surface area contributed by atoms with Gasteiger partial charge in [0.1, 0.15) is 30.1 Å². The van der Waals surface area contributed by atoms with Crippen LogP contribution in [0.1, 0.15) is 125 Å². The van der Waals surface area contributed by atoms with Crippen LogP contribution < -0.4 is 5.73 Å². The number of Topliss-reactive ketones (excluding diaryl/α,β-unsaturated/α-hetero) is 3. The second-order valence-corrected chi connectivity index (χ2v) is 18.9. The second-order valence-electron chi connectivity index (χ2n) is 18.9. The van der Waals surface area contributed by atoms with Crippen LogP contribution in [0.2, 0.25) is 0 Å². The van der Waals surface area contributed by atoms with Gasteiger partial charge >= 0.3 is 5.97 Å². The standard InChI is InChI=1S/C49H76N2O12/c1-29-15-10-9-11-16-30(2)41(61-8)27-37-21-20-34(6)49(59,63-37)46(56)47(57)51-22-13-12-19-39(51)48(58)62-42(38(50)26-35-17-14-18-36(25-35)60-7)28-40(52)31(3)24-33(5)44(54)45(55)43(53)32(4)23-29/h9-11,15-16,24,29,31-32,34-39,41-42,44-45,54-55,59H,12-14,17-23,25-28,50H2,1-8H3/b11-9+,15-10+,30-16+,33-24+/t29?,31?,32?,34-,35?,36+,37+,38-,39?,41?,42?,44?,45+,49-/m1/s1. The molecule has 2 saturated heterocycles. The maximum Gasteiger partial charge on any atom is 0.329 e. The van der Waals surface area contributed by atoms with Gasteiger partial charge in [0.25, 0.3) is 11.7 Å². The number of nitrogens with zero attached hydrogens (tertiary/aromatic N) is 1. The Labute approximate surface area is 374 Å². The van der Waals surface area contributed by atoms with Crippen molar-refractivity contribution < 1.29 is 58.2 Å². The first-order valence-corrected chi connectivity index (χ1v) is 23.2. The van der Waals surface area contributed by atoms with Crippen molar-refractivity contribution in [2.45, 2.75) is 180 Å². The van der Waals surface area contributed by atoms with Gasteiger partial charge in [-0.05, 0) is 94.6 Å². The molecule has 0 radical (unpaired) electrons. The van der Waals surface area contributed by atoms with Crippen molar-refractivity contribution in [3.63, 3.8) is 0 Å². The molecule has 3 fully saturated rings. The van der Waals surface area contributed by atoms with Crippen LogP contribution in [0.4, 0.5) is 0 Å². The quantitative estimate of drug-likeness (QED) is 0.158. The molecule has 2 bridgehead atoms. The van der Waals surface area contributed by atoms with Crippen molar-refractivity contribution in [2.24, 2.45) is 35.3 Å². The molecule has 4 rings (SSSR count). The molecule has 1 aliphatic carbocycles. The lowest BCUT2D eigenvalue weighted by Crippen LogP contribution is -2.61. The van der Waals surface area contributed by atoms with Crippen LogP contribution in [-0.2, 0) is 42.9 Å². The Morgan fingerprint density at radius 3 is 2.29 bits per heavy atom. The minimum absolute atomic E-state index is 0.0343. The average molecular weight is 885 g/mol. The molecule has 14 heteroatoms. The zero-order chi connectivity index (χ0) is 46.6. The van der Waals surface area contributed by atoms with E-state index in [0.717, 1.165) is 36.2 Å². The Hall–Kier alpha value is -3.37. The number of ether oxygens (including phenoxy) is 4. The van der Waals surface area contributed by atoms with Gasteiger partial charge in [-0.3, -0.25) is 19.2 Å². The van der Waals surface area contributed by atoms with E-state index < -0.39 is 89.6 Å². The molecule has 14 nitrogen and oxygen atoms in total. The lowest BCUT2D eigenvalue weighted by atomic mass is 9.81. The molecule has 5 N–H and O–H groups in total. The third-order valence-electron chi connectivity index (χ3n) is 13.9. The zero-order valence-corrected chi connectivity index (χ0v) is 38.9. The Morgan fingerprint density at radius 2 is 1.59 bits per heavy atom. The summed E-state index contributed by atoms with van der Waals surface area (Å²) in [6.07, 6.45) is 12.2. The number of cyclic esters (lactones) is 1. The number of methoxy groups -OCH3 is 2. The van der Waals surface area contributed by atoms with E-state index in [4.69, 9.17) is 24.7 Å². The molecule has 1 saturated carbocycles. The van der Waals surface area contributed by atoms with Gasteiger partial charge in [0.05, 0.1) is 18.3 Å². The fourth-order valence-corrected chi connectivity index (χ4v) is 9.68. The molecule has 63 heavy (non-hydrogen) atoms. The molecule has 3 aliphatic heterocycles. The van der Waals surface area contributed by atoms with Crippen LogP contribution in [0, 0.1) is 29.6 Å². The van der Waals surface area contributed by atoms with E-state index in [1.165, 1.54) is 6.08 Å². The van der Waals surface area contributed by atoms with Crippen molar-refractivity contribution in [3.05, 3.63) is 47.6 Å². The van der Waals surface area contributed by atoms with Gasteiger partial charge in [-0.15, -0.1) is 0 Å². The smallest absolute Gasteiger partial charge is 0.329 e. The van der Waals surface area contributed by atoms with E-state index in [0.29, 0.717) is 44.9 Å². The summed E-state index contributed by atoms with van der Waals surface area (Å²) in [5.41, 5.74) is 7.93. The lowest BCUT2D eigenvalue weighted by Gasteiger charge is -2.42. The van der Waals surface area contributed by atoms with E-state index in [-0.39, 0.29) is 48.7 Å².